The third-order valence-corrected chi connectivity index (χ3v) is 3.59. The molecule has 1 heterocycles. The number of nitrogens with one attached hydrogen (secondary N) is 2. The molecule has 2 aromatic rings. The first-order chi connectivity index (χ1) is 11.9. The van der Waals surface area contributed by atoms with Crippen LogP contribution in [0.2, 0.25) is 0 Å². The second kappa shape index (κ2) is 8.14. The number of amides is 1. The van der Waals surface area contributed by atoms with E-state index < -0.39 is 18.0 Å². The summed E-state index contributed by atoms with van der Waals surface area (Å²) in [4.78, 5) is 37.9. The van der Waals surface area contributed by atoms with E-state index >= 15 is 0 Å². The van der Waals surface area contributed by atoms with E-state index in [-0.39, 0.29) is 11.5 Å². The minimum Gasteiger partial charge on any atom is -0.497 e. The molecule has 25 heavy (non-hydrogen) atoms. The number of hydrogen-bond acceptors (Lipinski definition) is 5. The zero-order valence-electron chi connectivity index (χ0n) is 14.3. The maximum Gasteiger partial charge on any atom is 0.355 e. The van der Waals surface area contributed by atoms with Gasteiger partial charge in [-0.2, -0.15) is 0 Å². The van der Waals surface area contributed by atoms with Crippen molar-refractivity contribution in [3.63, 3.8) is 0 Å². The van der Waals surface area contributed by atoms with Gasteiger partial charge in [0.1, 0.15) is 11.4 Å². The van der Waals surface area contributed by atoms with Gasteiger partial charge in [-0.3, -0.25) is 9.59 Å². The number of ether oxygens (including phenoxy) is 2. The van der Waals surface area contributed by atoms with Crippen LogP contribution >= 0.6 is 0 Å². The predicted molar refractivity (Wildman–Crippen MR) is 90.5 cm³/mol. The molecule has 0 bridgehead atoms. The summed E-state index contributed by atoms with van der Waals surface area (Å²) < 4.78 is 10.2. The first-order valence-electron chi connectivity index (χ1n) is 7.71. The second-order valence-corrected chi connectivity index (χ2v) is 5.47. The molecule has 0 saturated heterocycles. The summed E-state index contributed by atoms with van der Waals surface area (Å²) in [6.07, 6.45) is 0.461. The molecular formula is C18H20N2O5. The van der Waals surface area contributed by atoms with Crippen LogP contribution in [0.25, 0.3) is 0 Å². The average molecular weight is 344 g/mol. The molecule has 2 rings (SSSR count). The van der Waals surface area contributed by atoms with Crippen molar-refractivity contribution in [1.82, 2.24) is 10.3 Å². The van der Waals surface area contributed by atoms with Crippen molar-refractivity contribution in [2.75, 3.05) is 7.11 Å². The summed E-state index contributed by atoms with van der Waals surface area (Å²) in [5.74, 6) is -0.545. The maximum atomic E-state index is 12.0. The van der Waals surface area contributed by atoms with Gasteiger partial charge in [-0.1, -0.05) is 12.1 Å². The Morgan fingerprint density at radius 3 is 2.44 bits per heavy atom. The van der Waals surface area contributed by atoms with E-state index in [1.165, 1.54) is 26.1 Å². The van der Waals surface area contributed by atoms with Crippen molar-refractivity contribution in [2.45, 2.75) is 26.5 Å². The monoisotopic (exact) mass is 344 g/mol. The van der Waals surface area contributed by atoms with Gasteiger partial charge in [0.2, 0.25) is 0 Å². The Kier molecular flexibility index (Phi) is 5.94. The number of esters is 1. The minimum atomic E-state index is -0.963. The number of H-pyrrole nitrogens is 1. The summed E-state index contributed by atoms with van der Waals surface area (Å²) in [6.45, 7) is 3.19. The molecule has 7 heteroatoms. The highest BCUT2D eigenvalue weighted by molar-refractivity contribution is 5.98. The summed E-state index contributed by atoms with van der Waals surface area (Å²) in [7, 11) is 1.58. The van der Waals surface area contributed by atoms with Gasteiger partial charge in [-0.05, 0) is 37.6 Å². The lowest BCUT2D eigenvalue weighted by Gasteiger charge is -2.13. The smallest absolute Gasteiger partial charge is 0.355 e. The molecule has 0 aliphatic heterocycles. The van der Waals surface area contributed by atoms with Crippen molar-refractivity contribution in [3.05, 3.63) is 53.3 Å². The largest absolute Gasteiger partial charge is 0.497 e. The van der Waals surface area contributed by atoms with E-state index in [1.807, 2.05) is 12.1 Å². The van der Waals surface area contributed by atoms with Gasteiger partial charge >= 0.3 is 5.97 Å². The Labute approximate surface area is 145 Å². The topological polar surface area (TPSA) is 97.5 Å². The molecular weight excluding hydrogens is 324 g/mol. The first kappa shape index (κ1) is 18.3. The molecule has 0 fully saturated rings. The fraction of sp³-hybridized carbons (Fsp3) is 0.278. The van der Waals surface area contributed by atoms with E-state index in [2.05, 4.69) is 10.3 Å². The van der Waals surface area contributed by atoms with Crippen molar-refractivity contribution in [3.8, 4) is 5.75 Å². The van der Waals surface area contributed by atoms with Crippen molar-refractivity contribution in [1.29, 1.82) is 0 Å². The van der Waals surface area contributed by atoms with Crippen LogP contribution in [-0.4, -0.2) is 35.9 Å². The Balaban J connectivity index is 1.86. The molecule has 0 saturated carbocycles. The first-order valence-corrected chi connectivity index (χ1v) is 7.71. The predicted octanol–water partition coefficient (Wildman–Crippen LogP) is 2.09. The molecule has 1 aromatic heterocycles. The molecule has 0 aliphatic rings. The molecule has 0 unspecified atom stereocenters. The quantitative estimate of drug-likeness (QED) is 0.592. The lowest BCUT2D eigenvalue weighted by Crippen LogP contribution is -2.35. The number of methoxy groups -OCH3 is 1. The fourth-order valence-corrected chi connectivity index (χ4v) is 2.07. The highest BCUT2D eigenvalue weighted by Gasteiger charge is 2.20. The number of aromatic nitrogens is 1. The third-order valence-electron chi connectivity index (χ3n) is 3.59. The van der Waals surface area contributed by atoms with Gasteiger partial charge < -0.3 is 19.8 Å². The number of carbonyl (C=O) groups excluding carboxylic acids is 3. The molecule has 1 amide bonds. The summed E-state index contributed by atoms with van der Waals surface area (Å²) in [5.41, 5.74) is 1.40. The van der Waals surface area contributed by atoms with Gasteiger partial charge in [-0.25, -0.2) is 4.79 Å². The summed E-state index contributed by atoms with van der Waals surface area (Å²) in [5, 5.41) is 2.70. The van der Waals surface area contributed by atoms with Crippen LogP contribution in [-0.2, 0) is 16.1 Å². The van der Waals surface area contributed by atoms with E-state index in [0.717, 1.165) is 11.3 Å². The second-order valence-electron chi connectivity index (χ2n) is 5.47. The lowest BCUT2D eigenvalue weighted by atomic mass is 10.2. The Morgan fingerprint density at radius 2 is 1.88 bits per heavy atom. The van der Waals surface area contributed by atoms with Crippen molar-refractivity contribution < 1.29 is 23.9 Å². The number of hydrogen-bond donors (Lipinski definition) is 2. The maximum absolute atomic E-state index is 12.0. The Bertz CT molecular complexity index is 764. The molecule has 7 nitrogen and oxygen atoms in total. The third kappa shape index (κ3) is 4.94. The van der Waals surface area contributed by atoms with E-state index in [1.54, 1.807) is 19.2 Å². The molecule has 0 aliphatic carbocycles. The van der Waals surface area contributed by atoms with Gasteiger partial charge in [0.15, 0.2) is 11.9 Å². The average Bonchev–Trinajstić information content (AvgIpc) is 3.10. The van der Waals surface area contributed by atoms with Crippen LogP contribution in [0.15, 0.2) is 36.5 Å². The molecule has 2 N–H and O–H groups in total. The molecule has 1 aromatic carbocycles. The van der Waals surface area contributed by atoms with Gasteiger partial charge in [0, 0.05) is 18.3 Å². The number of Topliss-reactive ketones (excluding diaryl/α,β-unsaturated/α-hetero) is 1. The van der Waals surface area contributed by atoms with Crippen LogP contribution in [0.4, 0.5) is 0 Å². The van der Waals surface area contributed by atoms with Crippen molar-refractivity contribution in [2.24, 2.45) is 0 Å². The van der Waals surface area contributed by atoms with Crippen molar-refractivity contribution >= 4 is 17.7 Å². The molecule has 132 valence electrons. The standard InChI is InChI=1S/C18H20N2O5/c1-11(21)14-8-16(19-10-14)18(23)25-12(2)17(22)20-9-13-4-6-15(24-3)7-5-13/h4-8,10,12,19H,9H2,1-3H3,(H,20,22)/t12-/m1/s1. The highest BCUT2D eigenvalue weighted by atomic mass is 16.5. The SMILES string of the molecule is COc1ccc(CNC(=O)[C@@H](C)OC(=O)c2cc(C(C)=O)c[nH]2)cc1. The number of rotatable bonds is 7. The summed E-state index contributed by atoms with van der Waals surface area (Å²) >= 11 is 0. The van der Waals surface area contributed by atoms with E-state index in [0.29, 0.717) is 12.1 Å². The molecule has 0 spiro atoms. The number of ketones is 1. The number of aromatic amines is 1. The van der Waals surface area contributed by atoms with Crippen LogP contribution in [0, 0.1) is 0 Å². The summed E-state index contributed by atoms with van der Waals surface area (Å²) in [6, 6.07) is 8.65. The zero-order valence-corrected chi connectivity index (χ0v) is 14.3. The highest BCUT2D eigenvalue weighted by Crippen LogP contribution is 2.11. The van der Waals surface area contributed by atoms with Gasteiger partial charge in [0.25, 0.3) is 5.91 Å². The van der Waals surface area contributed by atoms with E-state index in [9.17, 15) is 14.4 Å². The zero-order chi connectivity index (χ0) is 18.4. The van der Waals surface area contributed by atoms with Gasteiger partial charge in [0.05, 0.1) is 7.11 Å². The number of carbonyl (C=O) groups is 3. The Hall–Kier alpha value is -3.09. The normalized spacial score (nSPS) is 11.5. The van der Waals surface area contributed by atoms with Crippen LogP contribution in [0.1, 0.15) is 40.3 Å². The Morgan fingerprint density at radius 1 is 1.20 bits per heavy atom. The van der Waals surface area contributed by atoms with Crippen LogP contribution in [0.3, 0.4) is 0 Å². The van der Waals surface area contributed by atoms with Gasteiger partial charge in [-0.15, -0.1) is 0 Å². The molecule has 1 atom stereocenters. The van der Waals surface area contributed by atoms with E-state index in [4.69, 9.17) is 9.47 Å². The minimum absolute atomic E-state index is 0.125. The van der Waals surface area contributed by atoms with Crippen LogP contribution in [0.5, 0.6) is 5.75 Å². The molecule has 0 radical (unpaired) electrons. The van der Waals surface area contributed by atoms with Crippen LogP contribution < -0.4 is 10.1 Å². The lowest BCUT2D eigenvalue weighted by molar-refractivity contribution is -0.129. The number of benzene rings is 1. The fourth-order valence-electron chi connectivity index (χ4n) is 2.07.